The molecular weight excluding hydrogens is 1150 g/mol. The quantitative estimate of drug-likeness (QED) is 0.0714. The Morgan fingerprint density at radius 1 is 0.366 bits per heavy atom. The van der Waals surface area contributed by atoms with E-state index in [1.54, 1.807) is 97.0 Å². The number of carbonyl (C=O) groups is 2. The topological polar surface area (TPSA) is 118 Å². The Bertz CT molecular complexity index is 7880. The zero-order chi connectivity index (χ0) is 58.1. The second-order valence-corrected chi connectivity index (χ2v) is 32.8. The average Bonchev–Trinajstić information content (AvgIpc) is 1.37. The van der Waals surface area contributed by atoms with Crippen LogP contribution in [0.3, 0.4) is 0 Å². The van der Waals surface area contributed by atoms with E-state index >= 15 is 4.79 Å². The first kappa shape index (κ1) is 40.2. The van der Waals surface area contributed by atoms with E-state index in [9.17, 15) is 4.79 Å². The zero-order valence-corrected chi connectivity index (χ0v) is 49.4. The van der Waals surface area contributed by atoms with Crippen LogP contribution in [0.4, 0.5) is 0 Å². The van der Waals surface area contributed by atoms with E-state index in [-0.39, 0.29) is 23.7 Å². The Balaban J connectivity index is 0.614. The third kappa shape index (κ3) is 2.73. The molecule has 93 heavy (non-hydrogen) atoms. The van der Waals surface area contributed by atoms with Crippen LogP contribution in [0.1, 0.15) is 74.2 Å². The van der Waals surface area contributed by atoms with E-state index in [2.05, 4.69) is 0 Å². The SMILES string of the molecule is CC1(C)COC(c2cc(OCCCCOC(=O)COC(=O)C3C45c6c7c8c9c%10c%11c(c%12c%13c4c4c6c6c%14c7c7c8c8c%10c%10c%15c%11c%11c%12c%12c%13c%13c4c4c6c6c%14c%14c7c7c8c%10c8c%10c%15c%11c%11c%12c%12c%13c4c4c6c6c%14c7c8c7c%10c%11c%12c4c67)C935)cc(C3=NC(C)(C)CO3)n2)=N1. The molecule has 0 amide bonds. The van der Waals surface area contributed by atoms with E-state index in [0.29, 0.717) is 61.6 Å². The maximum Gasteiger partial charge on any atom is 0.344 e. The summed E-state index contributed by atoms with van der Waals surface area (Å²) < 4.78 is 31.2. The van der Waals surface area contributed by atoms with Crippen LogP contribution in [0.25, 0.3) is 291 Å². The van der Waals surface area contributed by atoms with Gasteiger partial charge in [-0.2, -0.15) is 0 Å². The first-order valence-electron chi connectivity index (χ1n) is 33.8. The van der Waals surface area contributed by atoms with E-state index in [4.69, 9.17) is 38.7 Å². The Morgan fingerprint density at radius 2 is 0.613 bits per heavy atom. The molecule has 0 radical (unpaired) electrons. The van der Waals surface area contributed by atoms with E-state index < -0.39 is 29.3 Å². The molecule has 3 heterocycles. The van der Waals surface area contributed by atoms with Gasteiger partial charge in [-0.1, -0.05) is 0 Å². The minimum absolute atomic E-state index is 0.171. The predicted molar refractivity (Wildman–Crippen MR) is 371 cm³/mol. The highest BCUT2D eigenvalue weighted by Gasteiger charge is 2.89. The number of esters is 2. The molecular formula is C83H29N3O7. The van der Waals surface area contributed by atoms with Gasteiger partial charge in [0.25, 0.3) is 0 Å². The summed E-state index contributed by atoms with van der Waals surface area (Å²) in [4.78, 5) is 45.5. The van der Waals surface area contributed by atoms with Gasteiger partial charge in [0.15, 0.2) is 6.61 Å². The summed E-state index contributed by atoms with van der Waals surface area (Å²) in [5.41, 5.74) is 4.67. The molecule has 0 unspecified atom stereocenters. The van der Waals surface area contributed by atoms with Gasteiger partial charge in [0, 0.05) is 12.1 Å². The van der Waals surface area contributed by atoms with Crippen LogP contribution >= 0.6 is 0 Å². The molecule has 7 aliphatic rings. The number of rotatable bonds is 11. The normalized spacial score (nSPS) is 22.9. The third-order valence-electron chi connectivity index (χ3n) is 29.0. The largest absolute Gasteiger partial charge is 0.493 e. The number of nitrogens with zero attached hydrogens (tertiary/aromatic N) is 3. The fraction of sp³-hybridized carbons (Fsp3) is 0.193. The van der Waals surface area contributed by atoms with E-state index in [1.165, 1.54) is 216 Å². The fourth-order valence-corrected chi connectivity index (χ4v) is 27.8. The number of benzene rings is 18. The van der Waals surface area contributed by atoms with E-state index in [0.717, 1.165) is 0 Å². The number of ether oxygens (including phenoxy) is 5. The highest BCUT2D eigenvalue weighted by atomic mass is 16.6. The van der Waals surface area contributed by atoms with Gasteiger partial charge in [0.05, 0.1) is 41.0 Å². The van der Waals surface area contributed by atoms with Crippen molar-refractivity contribution in [1.82, 2.24) is 4.98 Å². The minimum atomic E-state index is -0.724. The van der Waals surface area contributed by atoms with Crippen LogP contribution in [0, 0.1) is 5.92 Å². The summed E-state index contributed by atoms with van der Waals surface area (Å²) in [5, 5.41) is 82.1. The molecule has 2 spiro atoms. The van der Waals surface area contributed by atoms with Gasteiger partial charge in [0.1, 0.15) is 30.4 Å². The first-order valence-corrected chi connectivity index (χ1v) is 33.8. The van der Waals surface area contributed by atoms with Crippen molar-refractivity contribution in [2.75, 3.05) is 33.0 Å². The zero-order valence-electron chi connectivity index (χ0n) is 49.4. The predicted octanol–water partition coefficient (Wildman–Crippen LogP) is 18.4. The maximum atomic E-state index is 16.7. The van der Waals surface area contributed by atoms with Crippen molar-refractivity contribution in [3.8, 4) is 5.75 Å². The number of aliphatic imine (C=N–C) groups is 2. The van der Waals surface area contributed by atoms with Gasteiger partial charge >= 0.3 is 11.9 Å². The molecule has 10 heteroatoms. The lowest BCUT2D eigenvalue weighted by Crippen LogP contribution is -2.27. The molecule has 418 valence electrons. The van der Waals surface area contributed by atoms with Crippen molar-refractivity contribution in [3.63, 3.8) is 0 Å². The standard InChI is InChI=1S/C83H29N3O7/c1-80(2)12-92-77(85-80)15-9-14(10-16(84-15)78-86-81(3,4)13-93-78)89-7-5-6-8-90-17(87)11-91-79(88)76-82-72-64-56-46-36-28-20-18-19-22-26-24(20)32-40-34(26)44-38-30(22)31-23(19)27-25-21(18)29(28)37-43-33(25)41-35(27)45-39(31)49-48(38)58-52(44)62-54(40)60(50(56)42(32)36)68(72)70(62)74-66(58)67-59(49)53(45)63-55(41)61-51(43)57(47(37)46)65(64)73(82)69(61)71(63)75(67)83(74,76)82/h9-10,76H,5-8,11-13H2,1-4H3. The molecule has 29 aromatic rings. The van der Waals surface area contributed by atoms with Crippen LogP contribution in [0.15, 0.2) is 22.1 Å². The second kappa shape index (κ2) is 10.1. The molecule has 0 atom stereocenters. The number of aromatic nitrogens is 1. The number of pyridine rings is 1. The molecule has 5 aliphatic carbocycles. The van der Waals surface area contributed by atoms with Gasteiger partial charge in [-0.25, -0.2) is 19.8 Å². The molecule has 1 aromatic heterocycles. The van der Waals surface area contributed by atoms with Crippen molar-refractivity contribution >= 4 is 315 Å². The lowest BCUT2D eigenvalue weighted by atomic mass is 9.68. The van der Waals surface area contributed by atoms with Gasteiger partial charge in [-0.05, 0) is 354 Å². The first-order chi connectivity index (χ1) is 45.6. The average molecular weight is 1180 g/mol. The van der Waals surface area contributed by atoms with Crippen molar-refractivity contribution in [2.45, 2.75) is 62.4 Å². The molecule has 36 rings (SSSR count). The van der Waals surface area contributed by atoms with Crippen molar-refractivity contribution in [1.29, 1.82) is 0 Å². The Labute approximate surface area is 512 Å². The van der Waals surface area contributed by atoms with Crippen molar-refractivity contribution in [2.24, 2.45) is 15.9 Å². The van der Waals surface area contributed by atoms with Gasteiger partial charge in [0.2, 0.25) is 11.8 Å². The van der Waals surface area contributed by atoms with Crippen molar-refractivity contribution < 1.29 is 33.3 Å². The molecule has 0 bridgehead atoms. The fourth-order valence-electron chi connectivity index (χ4n) is 27.8. The molecule has 1 saturated carbocycles. The van der Waals surface area contributed by atoms with E-state index in [1.807, 2.05) is 39.8 Å². The second-order valence-electron chi connectivity index (χ2n) is 32.8. The maximum absolute atomic E-state index is 16.7. The highest BCUT2D eigenvalue weighted by Crippen LogP contribution is 2.92. The number of hydrogen-bond acceptors (Lipinski definition) is 10. The summed E-state index contributed by atoms with van der Waals surface area (Å²) in [6, 6.07) is 3.70. The molecule has 1 fully saturated rings. The highest BCUT2D eigenvalue weighted by molar-refractivity contribution is 6.82. The molecule has 0 saturated heterocycles. The van der Waals surface area contributed by atoms with Crippen LogP contribution in [0.2, 0.25) is 0 Å². The Hall–Kier alpha value is -10.7. The summed E-state index contributed by atoms with van der Waals surface area (Å²) in [6.07, 6.45) is 1.18. The number of carbonyl (C=O) groups excluding carboxylic acids is 2. The Morgan fingerprint density at radius 3 is 0.860 bits per heavy atom. The van der Waals surface area contributed by atoms with Gasteiger partial charge in [-0.3, -0.25) is 4.79 Å². The van der Waals surface area contributed by atoms with Crippen LogP contribution in [0.5, 0.6) is 5.75 Å². The number of hydrogen-bond donors (Lipinski definition) is 0. The lowest BCUT2D eigenvalue weighted by molar-refractivity contribution is -0.160. The molecule has 2 aliphatic heterocycles. The van der Waals surface area contributed by atoms with Gasteiger partial charge in [-0.15, -0.1) is 0 Å². The summed E-state index contributed by atoms with van der Waals surface area (Å²) in [7, 11) is 0. The van der Waals surface area contributed by atoms with Crippen LogP contribution < -0.4 is 4.74 Å². The third-order valence-corrected chi connectivity index (χ3v) is 29.0. The summed E-state index contributed by atoms with van der Waals surface area (Å²) >= 11 is 0. The smallest absolute Gasteiger partial charge is 0.344 e. The summed E-state index contributed by atoms with van der Waals surface area (Å²) in [5.74, 6) is 0.178. The summed E-state index contributed by atoms with van der Waals surface area (Å²) in [6.45, 7) is 9.17. The number of unbranched alkanes of at least 4 members (excludes halogenated alkanes) is 1. The van der Waals surface area contributed by atoms with Gasteiger partial charge < -0.3 is 23.7 Å². The molecule has 0 N–H and O–H groups in total. The van der Waals surface area contributed by atoms with Crippen LogP contribution in [-0.4, -0.2) is 72.8 Å². The monoisotopic (exact) mass is 1180 g/mol. The molecule has 10 nitrogen and oxygen atoms in total. The van der Waals surface area contributed by atoms with Crippen molar-refractivity contribution in [3.05, 3.63) is 45.8 Å². The lowest BCUT2D eigenvalue weighted by Gasteiger charge is -2.32. The molecule has 28 aromatic carbocycles. The minimum Gasteiger partial charge on any atom is -0.493 e. The van der Waals surface area contributed by atoms with Crippen LogP contribution in [-0.2, 0) is 39.4 Å². The Kier molecular flexibility index (Phi) is 4.35.